The number of hydrogen-bond acceptors (Lipinski definition) is 4. The van der Waals surface area contributed by atoms with E-state index in [2.05, 4.69) is 16.9 Å². The van der Waals surface area contributed by atoms with Crippen LogP contribution in [0.15, 0.2) is 36.9 Å². The normalized spacial score (nSPS) is 24.9. The maximum absolute atomic E-state index is 11.8. The van der Waals surface area contributed by atoms with Crippen molar-refractivity contribution in [1.82, 2.24) is 14.5 Å². The molecule has 2 unspecified atom stereocenters. The summed E-state index contributed by atoms with van der Waals surface area (Å²) < 4.78 is 1.77. The molecule has 1 aliphatic rings. The van der Waals surface area contributed by atoms with E-state index in [0.29, 0.717) is 24.6 Å². The largest absolute Gasteiger partial charge is 0.481 e. The van der Waals surface area contributed by atoms with Gasteiger partial charge in [-0.1, -0.05) is 13.0 Å². The van der Waals surface area contributed by atoms with Crippen LogP contribution in [0.4, 0.5) is 0 Å². The molecule has 0 aliphatic heterocycles. The van der Waals surface area contributed by atoms with E-state index in [0.717, 1.165) is 12.2 Å². The van der Waals surface area contributed by atoms with E-state index in [4.69, 9.17) is 5.73 Å². The van der Waals surface area contributed by atoms with Gasteiger partial charge in [0.05, 0.1) is 5.69 Å². The summed E-state index contributed by atoms with van der Waals surface area (Å²) in [6.45, 7) is 2.63. The molecular formula is C16H20N4O2. The summed E-state index contributed by atoms with van der Waals surface area (Å²) in [5, 5.41) is 9.70. The number of rotatable bonds is 6. The third-order valence-electron chi connectivity index (χ3n) is 4.53. The van der Waals surface area contributed by atoms with Crippen molar-refractivity contribution in [2.45, 2.75) is 25.2 Å². The van der Waals surface area contributed by atoms with Crippen molar-refractivity contribution in [2.24, 2.45) is 17.6 Å². The Balaban J connectivity index is 1.86. The van der Waals surface area contributed by atoms with Gasteiger partial charge in [-0.05, 0) is 43.4 Å². The Labute approximate surface area is 129 Å². The van der Waals surface area contributed by atoms with Crippen LogP contribution < -0.4 is 5.73 Å². The van der Waals surface area contributed by atoms with Gasteiger partial charge in [0.1, 0.15) is 17.6 Å². The molecule has 6 heteroatoms. The van der Waals surface area contributed by atoms with Crippen molar-refractivity contribution in [3.8, 4) is 5.82 Å². The number of carboxylic acid groups (broad SMARTS) is 1. The van der Waals surface area contributed by atoms with Crippen molar-refractivity contribution in [1.29, 1.82) is 0 Å². The average Bonchev–Trinajstić information content (AvgIpc) is 3.04. The molecule has 0 spiro atoms. The Bertz CT molecular complexity index is 670. The summed E-state index contributed by atoms with van der Waals surface area (Å²) in [5.74, 6) is 0.363. The highest BCUT2D eigenvalue weighted by molar-refractivity contribution is 5.85. The number of aromatic nitrogens is 3. The molecule has 0 aromatic carbocycles. The van der Waals surface area contributed by atoms with Crippen LogP contribution in [0.25, 0.3) is 5.82 Å². The first kappa shape index (κ1) is 14.7. The Morgan fingerprint density at radius 2 is 2.36 bits per heavy atom. The fourth-order valence-electron chi connectivity index (χ4n) is 3.07. The third kappa shape index (κ3) is 2.39. The van der Waals surface area contributed by atoms with Crippen LogP contribution >= 0.6 is 0 Å². The molecule has 1 saturated carbocycles. The van der Waals surface area contributed by atoms with Gasteiger partial charge in [0.2, 0.25) is 0 Å². The third-order valence-corrected chi connectivity index (χ3v) is 4.53. The predicted molar refractivity (Wildman–Crippen MR) is 81.6 cm³/mol. The summed E-state index contributed by atoms with van der Waals surface area (Å²) in [5.41, 5.74) is 5.41. The summed E-state index contributed by atoms with van der Waals surface area (Å²) in [6.07, 6.45) is 6.56. The van der Waals surface area contributed by atoms with Crippen molar-refractivity contribution in [2.75, 3.05) is 6.54 Å². The molecule has 1 aliphatic carbocycles. The number of aliphatic carboxylic acids is 1. The Kier molecular flexibility index (Phi) is 3.70. The number of hydrogen-bond donors (Lipinski definition) is 2. The highest BCUT2D eigenvalue weighted by Gasteiger charge is 2.62. The average molecular weight is 300 g/mol. The summed E-state index contributed by atoms with van der Waals surface area (Å²) >= 11 is 0. The Morgan fingerprint density at radius 1 is 1.55 bits per heavy atom. The zero-order valence-electron chi connectivity index (χ0n) is 12.5. The molecule has 22 heavy (non-hydrogen) atoms. The minimum absolute atomic E-state index is 0.107. The van der Waals surface area contributed by atoms with Gasteiger partial charge in [-0.3, -0.25) is 9.36 Å². The summed E-state index contributed by atoms with van der Waals surface area (Å²) in [4.78, 5) is 20.4. The van der Waals surface area contributed by atoms with Crippen molar-refractivity contribution < 1.29 is 9.90 Å². The van der Waals surface area contributed by atoms with Gasteiger partial charge >= 0.3 is 5.97 Å². The van der Waals surface area contributed by atoms with Crippen molar-refractivity contribution in [3.63, 3.8) is 0 Å². The van der Waals surface area contributed by atoms with Crippen LogP contribution in [-0.4, -0.2) is 32.2 Å². The van der Waals surface area contributed by atoms with E-state index in [1.165, 1.54) is 0 Å². The minimum Gasteiger partial charge on any atom is -0.481 e. The lowest BCUT2D eigenvalue weighted by Crippen LogP contribution is -2.24. The highest BCUT2D eigenvalue weighted by Crippen LogP contribution is 2.56. The molecule has 116 valence electrons. The molecular weight excluding hydrogens is 280 g/mol. The number of carboxylic acids is 1. The summed E-state index contributed by atoms with van der Waals surface area (Å²) in [6, 6.07) is 5.59. The standard InChI is InChI=1S/C16H20N4O2/c1-11(8-17)6-12-7-16(12,15(21)22)13-9-20(10-19-13)14-4-2-3-5-18-14/h2-5,9-12H,6-8,17H2,1H3,(H,21,22)/t11-,12?,16?/m0/s1. The molecule has 0 saturated heterocycles. The van der Waals surface area contributed by atoms with E-state index in [9.17, 15) is 9.90 Å². The van der Waals surface area contributed by atoms with E-state index < -0.39 is 11.4 Å². The molecule has 6 nitrogen and oxygen atoms in total. The van der Waals surface area contributed by atoms with Crippen LogP contribution in [0.5, 0.6) is 0 Å². The Hall–Kier alpha value is -2.21. The quantitative estimate of drug-likeness (QED) is 0.845. The number of imidazole rings is 1. The molecule has 0 radical (unpaired) electrons. The van der Waals surface area contributed by atoms with Crippen LogP contribution in [0.1, 0.15) is 25.5 Å². The van der Waals surface area contributed by atoms with Crippen molar-refractivity contribution >= 4 is 5.97 Å². The second kappa shape index (κ2) is 5.53. The zero-order valence-corrected chi connectivity index (χ0v) is 12.5. The second-order valence-corrected chi connectivity index (χ2v) is 6.11. The molecule has 3 rings (SSSR count). The second-order valence-electron chi connectivity index (χ2n) is 6.11. The van der Waals surface area contributed by atoms with Gasteiger partial charge in [-0.15, -0.1) is 0 Å². The fourth-order valence-corrected chi connectivity index (χ4v) is 3.07. The maximum atomic E-state index is 11.8. The summed E-state index contributed by atoms with van der Waals surface area (Å²) in [7, 11) is 0. The van der Waals surface area contributed by atoms with Crippen LogP contribution in [0.2, 0.25) is 0 Å². The Morgan fingerprint density at radius 3 is 3.00 bits per heavy atom. The first-order valence-corrected chi connectivity index (χ1v) is 7.47. The fraction of sp³-hybridized carbons (Fsp3) is 0.438. The molecule has 2 heterocycles. The van der Waals surface area contributed by atoms with E-state index in [1.807, 2.05) is 18.2 Å². The van der Waals surface area contributed by atoms with Crippen LogP contribution in [0, 0.1) is 11.8 Å². The zero-order chi connectivity index (χ0) is 15.7. The van der Waals surface area contributed by atoms with Gasteiger partial charge < -0.3 is 10.8 Å². The van der Waals surface area contributed by atoms with E-state index in [1.54, 1.807) is 23.3 Å². The molecule has 3 atom stereocenters. The number of carbonyl (C=O) groups is 1. The molecule has 2 aromatic heterocycles. The monoisotopic (exact) mass is 300 g/mol. The molecule has 0 bridgehead atoms. The number of nitrogens with two attached hydrogens (primary N) is 1. The number of nitrogens with zero attached hydrogens (tertiary/aromatic N) is 3. The topological polar surface area (TPSA) is 94.0 Å². The minimum atomic E-state index is -0.858. The first-order chi connectivity index (χ1) is 10.6. The SMILES string of the molecule is C[C@H](CN)CC1CC1(C(=O)O)c1cn(-c2ccccn2)cn1. The van der Waals surface area contributed by atoms with Gasteiger partial charge in [0.25, 0.3) is 0 Å². The van der Waals surface area contributed by atoms with Crippen molar-refractivity contribution in [3.05, 3.63) is 42.6 Å². The smallest absolute Gasteiger partial charge is 0.316 e. The lowest BCUT2D eigenvalue weighted by atomic mass is 9.94. The molecule has 1 fully saturated rings. The number of pyridine rings is 1. The first-order valence-electron chi connectivity index (χ1n) is 7.47. The molecule has 3 N–H and O–H groups in total. The lowest BCUT2D eigenvalue weighted by Gasteiger charge is -2.12. The van der Waals surface area contributed by atoms with Gasteiger partial charge in [-0.25, -0.2) is 9.97 Å². The lowest BCUT2D eigenvalue weighted by molar-refractivity contribution is -0.140. The van der Waals surface area contributed by atoms with Crippen LogP contribution in [0.3, 0.4) is 0 Å². The van der Waals surface area contributed by atoms with Crippen LogP contribution in [-0.2, 0) is 10.2 Å². The predicted octanol–water partition coefficient (Wildman–Crippen LogP) is 1.59. The molecule has 2 aromatic rings. The van der Waals surface area contributed by atoms with E-state index in [-0.39, 0.29) is 5.92 Å². The van der Waals surface area contributed by atoms with Gasteiger partial charge in [0.15, 0.2) is 0 Å². The molecule has 0 amide bonds. The van der Waals surface area contributed by atoms with Gasteiger partial charge in [-0.2, -0.15) is 0 Å². The highest BCUT2D eigenvalue weighted by atomic mass is 16.4. The maximum Gasteiger partial charge on any atom is 0.316 e. The van der Waals surface area contributed by atoms with E-state index >= 15 is 0 Å². The van der Waals surface area contributed by atoms with Gasteiger partial charge in [0, 0.05) is 12.4 Å².